The van der Waals surface area contributed by atoms with E-state index in [4.69, 9.17) is 9.47 Å². The number of allylic oxidation sites excluding steroid dienone is 5. The van der Waals surface area contributed by atoms with E-state index in [9.17, 15) is 4.79 Å². The van der Waals surface area contributed by atoms with Crippen molar-refractivity contribution in [3.8, 4) is 5.88 Å². The summed E-state index contributed by atoms with van der Waals surface area (Å²) in [7, 11) is 3.11. The van der Waals surface area contributed by atoms with Crippen molar-refractivity contribution in [1.82, 2.24) is 9.78 Å². The molecule has 0 amide bonds. The lowest BCUT2D eigenvalue weighted by atomic mass is 10.3. The van der Waals surface area contributed by atoms with Gasteiger partial charge in [0.25, 0.3) is 0 Å². The summed E-state index contributed by atoms with van der Waals surface area (Å²) in [4.78, 5) is 11.0. The Balaban J connectivity index is 3.08. The molecule has 1 rings (SSSR count). The number of ether oxygens (including phenoxy) is 2. The van der Waals surface area contributed by atoms with Gasteiger partial charge in [-0.05, 0) is 32.1 Å². The molecule has 19 heavy (non-hydrogen) atoms. The monoisotopic (exact) mass is 262 g/mol. The van der Waals surface area contributed by atoms with Gasteiger partial charge in [-0.1, -0.05) is 6.08 Å². The SMILES string of the molecule is C\C=C/C(=C\C=C(/C)n1nc(OC)cc1C=O)OC. The molecule has 0 aliphatic rings. The predicted molar refractivity (Wildman–Crippen MR) is 74.0 cm³/mol. The maximum Gasteiger partial charge on any atom is 0.233 e. The molecule has 0 aliphatic heterocycles. The summed E-state index contributed by atoms with van der Waals surface area (Å²) in [5.41, 5.74) is 1.22. The van der Waals surface area contributed by atoms with E-state index in [1.165, 1.54) is 11.8 Å². The number of aldehydes is 1. The van der Waals surface area contributed by atoms with Crippen molar-refractivity contribution in [2.45, 2.75) is 13.8 Å². The van der Waals surface area contributed by atoms with Crippen molar-refractivity contribution in [2.24, 2.45) is 0 Å². The molecule has 0 radical (unpaired) electrons. The summed E-state index contributed by atoms with van der Waals surface area (Å²) < 4.78 is 11.7. The van der Waals surface area contributed by atoms with Crippen LogP contribution in [0, 0.1) is 0 Å². The normalized spacial score (nSPS) is 12.8. The first-order chi connectivity index (χ1) is 9.15. The van der Waals surface area contributed by atoms with Crippen molar-refractivity contribution < 1.29 is 14.3 Å². The first-order valence-corrected chi connectivity index (χ1v) is 5.81. The maximum atomic E-state index is 11.0. The number of carbonyl (C=O) groups excluding carboxylic acids is 1. The predicted octanol–water partition coefficient (Wildman–Crippen LogP) is 2.67. The highest BCUT2D eigenvalue weighted by Gasteiger charge is 2.08. The van der Waals surface area contributed by atoms with Crippen LogP contribution in [0.15, 0.2) is 36.1 Å². The van der Waals surface area contributed by atoms with E-state index < -0.39 is 0 Å². The van der Waals surface area contributed by atoms with E-state index >= 15 is 0 Å². The average molecular weight is 262 g/mol. The minimum Gasteiger partial charge on any atom is -0.497 e. The Hall–Kier alpha value is -2.30. The van der Waals surface area contributed by atoms with Gasteiger partial charge in [0.05, 0.1) is 14.2 Å². The van der Waals surface area contributed by atoms with Gasteiger partial charge in [-0.3, -0.25) is 4.79 Å². The molecule has 1 heterocycles. The molecule has 0 fully saturated rings. The highest BCUT2D eigenvalue weighted by atomic mass is 16.5. The van der Waals surface area contributed by atoms with Gasteiger partial charge in [-0.25, -0.2) is 4.68 Å². The molecule has 0 saturated carbocycles. The van der Waals surface area contributed by atoms with E-state index in [0.717, 1.165) is 12.0 Å². The summed E-state index contributed by atoms with van der Waals surface area (Å²) >= 11 is 0. The van der Waals surface area contributed by atoms with E-state index in [0.29, 0.717) is 17.3 Å². The van der Waals surface area contributed by atoms with E-state index in [1.54, 1.807) is 19.3 Å². The molecule has 0 atom stereocenters. The van der Waals surface area contributed by atoms with Crippen molar-refractivity contribution >= 4 is 12.0 Å². The van der Waals surface area contributed by atoms with Crippen LogP contribution < -0.4 is 4.74 Å². The summed E-state index contributed by atoms with van der Waals surface area (Å²) in [5, 5.41) is 4.16. The van der Waals surface area contributed by atoms with Gasteiger partial charge in [0, 0.05) is 11.8 Å². The Kier molecular flexibility index (Phi) is 5.60. The molecule has 5 heteroatoms. The molecule has 0 unspecified atom stereocenters. The first-order valence-electron chi connectivity index (χ1n) is 5.81. The molecule has 5 nitrogen and oxygen atoms in total. The first kappa shape index (κ1) is 14.8. The molecule has 0 N–H and O–H groups in total. The van der Waals surface area contributed by atoms with Gasteiger partial charge in [0.15, 0.2) is 6.29 Å². The second-order valence-corrected chi connectivity index (χ2v) is 3.72. The van der Waals surface area contributed by atoms with Crippen LogP contribution in [0.5, 0.6) is 5.88 Å². The number of hydrogen-bond donors (Lipinski definition) is 0. The molecule has 0 spiro atoms. The lowest BCUT2D eigenvalue weighted by Crippen LogP contribution is -2.01. The topological polar surface area (TPSA) is 53.4 Å². The van der Waals surface area contributed by atoms with Crippen molar-refractivity contribution in [3.63, 3.8) is 0 Å². The summed E-state index contributed by atoms with van der Waals surface area (Å²) in [5.74, 6) is 1.12. The van der Waals surface area contributed by atoms with Crippen LogP contribution in [0.1, 0.15) is 24.3 Å². The molecule has 1 aromatic rings. The number of rotatable bonds is 6. The number of aromatic nitrogens is 2. The molecule has 102 valence electrons. The molecule has 0 bridgehead atoms. The van der Waals surface area contributed by atoms with Crippen LogP contribution in [-0.4, -0.2) is 30.3 Å². The van der Waals surface area contributed by atoms with E-state index in [1.807, 2.05) is 32.1 Å². The van der Waals surface area contributed by atoms with Crippen molar-refractivity contribution in [2.75, 3.05) is 14.2 Å². The standard InChI is InChI=1S/C14H18N2O3/c1-5-6-13(18-3)8-7-11(2)16-12(10-17)9-14(15-16)19-4/h5-10H,1-4H3/b6-5-,11-7+,13-8+. The molecule has 0 saturated heterocycles. The number of hydrogen-bond acceptors (Lipinski definition) is 4. The van der Waals surface area contributed by atoms with Gasteiger partial charge < -0.3 is 9.47 Å². The quantitative estimate of drug-likeness (QED) is 0.449. The van der Waals surface area contributed by atoms with Crippen molar-refractivity contribution in [1.29, 1.82) is 0 Å². The fourth-order valence-corrected chi connectivity index (χ4v) is 1.47. The van der Waals surface area contributed by atoms with Crippen LogP contribution in [0.2, 0.25) is 0 Å². The lowest BCUT2D eigenvalue weighted by molar-refractivity contribution is 0.111. The number of methoxy groups -OCH3 is 2. The van der Waals surface area contributed by atoms with E-state index in [-0.39, 0.29) is 0 Å². The smallest absolute Gasteiger partial charge is 0.233 e. The molecule has 0 aromatic carbocycles. The molecule has 0 aliphatic carbocycles. The molecular weight excluding hydrogens is 244 g/mol. The largest absolute Gasteiger partial charge is 0.497 e. The zero-order chi connectivity index (χ0) is 14.3. The van der Waals surface area contributed by atoms with Crippen LogP contribution >= 0.6 is 0 Å². The van der Waals surface area contributed by atoms with Gasteiger partial charge >= 0.3 is 0 Å². The van der Waals surface area contributed by atoms with Crippen LogP contribution in [0.25, 0.3) is 5.70 Å². The fourth-order valence-electron chi connectivity index (χ4n) is 1.47. The van der Waals surface area contributed by atoms with Gasteiger partial charge in [0.1, 0.15) is 11.5 Å². The third-order valence-corrected chi connectivity index (χ3v) is 2.43. The molecule has 1 aromatic heterocycles. The average Bonchev–Trinajstić information content (AvgIpc) is 2.86. The molecular formula is C14H18N2O3. The number of carbonyl (C=O) groups is 1. The lowest BCUT2D eigenvalue weighted by Gasteiger charge is -2.03. The second kappa shape index (κ2) is 7.20. The minimum absolute atomic E-state index is 0.402. The fraction of sp³-hybridized carbons (Fsp3) is 0.286. The van der Waals surface area contributed by atoms with Gasteiger partial charge in [-0.15, -0.1) is 5.10 Å². The highest BCUT2D eigenvalue weighted by molar-refractivity contribution is 5.75. The Morgan fingerprint density at radius 1 is 1.37 bits per heavy atom. The number of nitrogens with zero attached hydrogens (tertiary/aromatic N) is 2. The van der Waals surface area contributed by atoms with Crippen LogP contribution in [0.4, 0.5) is 0 Å². The Bertz CT molecular complexity index is 525. The third-order valence-electron chi connectivity index (χ3n) is 2.43. The third kappa shape index (κ3) is 3.84. The van der Waals surface area contributed by atoms with Gasteiger partial charge in [0.2, 0.25) is 5.88 Å². The Morgan fingerprint density at radius 2 is 2.11 bits per heavy atom. The van der Waals surface area contributed by atoms with Crippen LogP contribution in [-0.2, 0) is 4.74 Å². The Morgan fingerprint density at radius 3 is 2.63 bits per heavy atom. The summed E-state index contributed by atoms with van der Waals surface area (Å²) in [6.45, 7) is 3.76. The summed E-state index contributed by atoms with van der Waals surface area (Å²) in [6, 6.07) is 1.58. The minimum atomic E-state index is 0.402. The Labute approximate surface area is 112 Å². The summed E-state index contributed by atoms with van der Waals surface area (Å²) in [6.07, 6.45) is 8.08. The maximum absolute atomic E-state index is 11.0. The van der Waals surface area contributed by atoms with E-state index in [2.05, 4.69) is 5.10 Å². The van der Waals surface area contributed by atoms with Crippen LogP contribution in [0.3, 0.4) is 0 Å². The second-order valence-electron chi connectivity index (χ2n) is 3.72. The zero-order valence-electron chi connectivity index (χ0n) is 11.6. The zero-order valence-corrected chi connectivity index (χ0v) is 11.6. The highest BCUT2D eigenvalue weighted by Crippen LogP contribution is 2.15. The van der Waals surface area contributed by atoms with Gasteiger partial charge in [-0.2, -0.15) is 0 Å². The van der Waals surface area contributed by atoms with Crippen molar-refractivity contribution in [3.05, 3.63) is 41.8 Å².